The minimum absolute atomic E-state index is 0.0697. The Morgan fingerprint density at radius 1 is 0.963 bits per heavy atom. The number of thioether (sulfide) groups is 1. The van der Waals surface area contributed by atoms with Gasteiger partial charge in [0.2, 0.25) is 0 Å². The van der Waals surface area contributed by atoms with Crippen molar-refractivity contribution in [3.8, 4) is 0 Å². The number of aliphatic hydroxyl groups excluding tert-OH is 1. The highest BCUT2D eigenvalue weighted by molar-refractivity contribution is 8.00. The lowest BCUT2D eigenvalue weighted by atomic mass is 10.1. The van der Waals surface area contributed by atoms with Crippen LogP contribution in [0.1, 0.15) is 38.3 Å². The number of benzene rings is 2. The highest BCUT2D eigenvalue weighted by Gasteiger charge is 2.38. The zero-order chi connectivity index (χ0) is 19.4. The van der Waals surface area contributed by atoms with Crippen LogP contribution in [-0.2, 0) is 9.47 Å². The minimum Gasteiger partial charge on any atom is -0.461 e. The molecule has 27 heavy (non-hydrogen) atoms. The number of rotatable bonds is 5. The Hall–Kier alpha value is -2.31. The highest BCUT2D eigenvalue weighted by atomic mass is 32.2. The van der Waals surface area contributed by atoms with Gasteiger partial charge < -0.3 is 14.6 Å². The molecular weight excluding hydrogens is 364 g/mol. The van der Waals surface area contributed by atoms with Gasteiger partial charge in [-0.2, -0.15) is 0 Å². The predicted octanol–water partition coefficient (Wildman–Crippen LogP) is 3.51. The van der Waals surface area contributed by atoms with Gasteiger partial charge in [-0.05, 0) is 38.1 Å². The maximum Gasteiger partial charge on any atom is 0.338 e. The van der Waals surface area contributed by atoms with Gasteiger partial charge in [-0.25, -0.2) is 9.59 Å². The summed E-state index contributed by atoms with van der Waals surface area (Å²) in [5.74, 6) is -0.870. The normalized spacial score (nSPS) is 21.7. The largest absolute Gasteiger partial charge is 0.461 e. The van der Waals surface area contributed by atoms with E-state index in [1.165, 1.54) is 11.8 Å². The van der Waals surface area contributed by atoms with Crippen LogP contribution in [0.3, 0.4) is 0 Å². The lowest BCUT2D eigenvalue weighted by molar-refractivity contribution is 0.0178. The van der Waals surface area contributed by atoms with Crippen molar-refractivity contribution < 1.29 is 24.2 Å². The molecule has 0 amide bonds. The summed E-state index contributed by atoms with van der Waals surface area (Å²) < 4.78 is 10.9. The molecule has 1 saturated heterocycles. The molecule has 6 heteroatoms. The number of esters is 2. The number of carbonyl (C=O) groups is 2. The number of carbonyl (C=O) groups excluding carboxylic acids is 2. The van der Waals surface area contributed by atoms with E-state index in [0.717, 1.165) is 11.1 Å². The molecule has 3 rings (SSSR count). The van der Waals surface area contributed by atoms with E-state index in [0.29, 0.717) is 17.5 Å². The smallest absolute Gasteiger partial charge is 0.338 e. The van der Waals surface area contributed by atoms with E-state index in [1.54, 1.807) is 24.3 Å². The van der Waals surface area contributed by atoms with Gasteiger partial charge in [0.05, 0.1) is 16.4 Å². The Morgan fingerprint density at radius 3 is 2.04 bits per heavy atom. The van der Waals surface area contributed by atoms with Crippen molar-refractivity contribution in [2.24, 2.45) is 0 Å². The number of ether oxygens (including phenoxy) is 2. The van der Waals surface area contributed by atoms with Gasteiger partial charge in [-0.3, -0.25) is 0 Å². The molecule has 2 aromatic carbocycles. The van der Waals surface area contributed by atoms with Crippen LogP contribution in [0, 0.1) is 13.8 Å². The molecule has 1 heterocycles. The van der Waals surface area contributed by atoms with Crippen LogP contribution in [0.15, 0.2) is 48.5 Å². The van der Waals surface area contributed by atoms with Crippen molar-refractivity contribution in [2.75, 3.05) is 6.61 Å². The second kappa shape index (κ2) is 8.59. The van der Waals surface area contributed by atoms with E-state index in [-0.39, 0.29) is 11.9 Å². The fourth-order valence-electron chi connectivity index (χ4n) is 2.79. The van der Waals surface area contributed by atoms with Gasteiger partial charge in [0, 0.05) is 6.42 Å². The summed E-state index contributed by atoms with van der Waals surface area (Å²) in [4.78, 5) is 24.5. The molecule has 0 saturated carbocycles. The fourth-order valence-corrected chi connectivity index (χ4v) is 3.98. The third-order valence-corrected chi connectivity index (χ3v) is 5.69. The molecule has 0 aliphatic carbocycles. The van der Waals surface area contributed by atoms with Crippen molar-refractivity contribution in [2.45, 2.75) is 37.1 Å². The lowest BCUT2D eigenvalue weighted by Crippen LogP contribution is -2.29. The minimum atomic E-state index is -0.649. The number of aliphatic hydroxyl groups is 1. The van der Waals surface area contributed by atoms with Crippen molar-refractivity contribution in [1.82, 2.24) is 0 Å². The molecule has 3 atom stereocenters. The predicted molar refractivity (Wildman–Crippen MR) is 104 cm³/mol. The first-order valence-corrected chi connectivity index (χ1v) is 9.71. The molecule has 2 aromatic rings. The average Bonchev–Trinajstić information content (AvgIpc) is 3.00. The standard InChI is InChI=1S/C21H22O5S/c1-13-3-7-15(8-4-13)20(23)25-12-18-17(11-19(22)27-18)26-21(24)16-9-5-14(2)6-10-16/h3-10,17-19,22H,11-12H2,1-2H3/t17-,18-,19?/m0/s1. The van der Waals surface area contributed by atoms with Crippen molar-refractivity contribution >= 4 is 23.7 Å². The van der Waals surface area contributed by atoms with Crippen molar-refractivity contribution in [1.29, 1.82) is 0 Å². The average molecular weight is 386 g/mol. The first-order chi connectivity index (χ1) is 12.9. The number of aryl methyl sites for hydroxylation is 2. The molecule has 1 aliphatic heterocycles. The van der Waals surface area contributed by atoms with Crippen LogP contribution >= 0.6 is 11.8 Å². The van der Waals surface area contributed by atoms with E-state index >= 15 is 0 Å². The first kappa shape index (κ1) is 19.5. The Labute approximate surface area is 162 Å². The first-order valence-electron chi connectivity index (χ1n) is 8.77. The highest BCUT2D eigenvalue weighted by Crippen LogP contribution is 2.35. The number of hydrogen-bond acceptors (Lipinski definition) is 6. The van der Waals surface area contributed by atoms with E-state index in [2.05, 4.69) is 0 Å². The van der Waals surface area contributed by atoms with Gasteiger partial charge in [0.1, 0.15) is 18.1 Å². The Balaban J connectivity index is 1.58. The molecule has 0 radical (unpaired) electrons. The van der Waals surface area contributed by atoms with Crippen LogP contribution in [0.4, 0.5) is 0 Å². The summed E-state index contributed by atoms with van der Waals surface area (Å²) in [5.41, 5.74) is 2.40. The molecule has 1 unspecified atom stereocenters. The maximum atomic E-state index is 12.3. The number of hydrogen-bond donors (Lipinski definition) is 1. The van der Waals surface area contributed by atoms with Gasteiger partial charge in [0.15, 0.2) is 0 Å². The molecule has 1 N–H and O–H groups in total. The van der Waals surface area contributed by atoms with Crippen LogP contribution in [0.5, 0.6) is 0 Å². The van der Waals surface area contributed by atoms with Gasteiger partial charge >= 0.3 is 11.9 Å². The third kappa shape index (κ3) is 5.11. The summed E-state index contributed by atoms with van der Waals surface area (Å²) in [6.45, 7) is 3.95. The quantitative estimate of drug-likeness (QED) is 0.793. The Morgan fingerprint density at radius 2 is 1.48 bits per heavy atom. The monoisotopic (exact) mass is 386 g/mol. The van der Waals surface area contributed by atoms with E-state index in [4.69, 9.17) is 9.47 Å². The van der Waals surface area contributed by atoms with Gasteiger partial charge in [-0.1, -0.05) is 35.4 Å². The fraction of sp³-hybridized carbons (Fsp3) is 0.333. The summed E-state index contributed by atoms with van der Waals surface area (Å²) >= 11 is 1.25. The summed E-state index contributed by atoms with van der Waals surface area (Å²) in [6, 6.07) is 14.2. The van der Waals surface area contributed by atoms with Crippen molar-refractivity contribution in [3.63, 3.8) is 0 Å². The van der Waals surface area contributed by atoms with Crippen LogP contribution in [0.25, 0.3) is 0 Å². The Bertz CT molecular complexity index is 800. The third-order valence-electron chi connectivity index (χ3n) is 4.39. The van der Waals surface area contributed by atoms with Crippen LogP contribution < -0.4 is 0 Å². The second-order valence-electron chi connectivity index (χ2n) is 6.64. The van der Waals surface area contributed by atoms with Gasteiger partial charge in [-0.15, -0.1) is 11.8 Å². The van der Waals surface area contributed by atoms with Crippen LogP contribution in [0.2, 0.25) is 0 Å². The lowest BCUT2D eigenvalue weighted by Gasteiger charge is -2.19. The molecule has 0 aromatic heterocycles. The van der Waals surface area contributed by atoms with Gasteiger partial charge in [0.25, 0.3) is 0 Å². The SMILES string of the molecule is Cc1ccc(C(=O)OC[C@@H]2SC(O)C[C@@H]2OC(=O)c2ccc(C)cc2)cc1. The Kier molecular flexibility index (Phi) is 6.19. The van der Waals surface area contributed by atoms with Crippen molar-refractivity contribution in [3.05, 3.63) is 70.8 Å². The summed E-state index contributed by atoms with van der Waals surface area (Å²) in [7, 11) is 0. The molecule has 1 fully saturated rings. The zero-order valence-corrected chi connectivity index (χ0v) is 16.1. The summed E-state index contributed by atoms with van der Waals surface area (Å²) in [6.07, 6.45) is -0.195. The molecular formula is C21H22O5S. The molecule has 0 spiro atoms. The molecule has 0 bridgehead atoms. The zero-order valence-electron chi connectivity index (χ0n) is 15.3. The molecule has 5 nitrogen and oxygen atoms in total. The maximum absolute atomic E-state index is 12.3. The van der Waals surface area contributed by atoms with E-state index < -0.39 is 23.5 Å². The van der Waals surface area contributed by atoms with Crippen LogP contribution in [-0.4, -0.2) is 40.4 Å². The molecule has 142 valence electrons. The topological polar surface area (TPSA) is 72.8 Å². The molecule has 1 aliphatic rings. The second-order valence-corrected chi connectivity index (χ2v) is 8.06. The van der Waals surface area contributed by atoms with E-state index in [9.17, 15) is 14.7 Å². The van der Waals surface area contributed by atoms with E-state index in [1.807, 2.05) is 38.1 Å². The summed E-state index contributed by atoms with van der Waals surface area (Å²) in [5, 5.41) is 9.63.